The maximum atomic E-state index is 11.9. The van der Waals surface area contributed by atoms with E-state index in [1.165, 1.54) is 0 Å². The number of methoxy groups -OCH3 is 1. The summed E-state index contributed by atoms with van der Waals surface area (Å²) in [6.45, 7) is 0.0855. The van der Waals surface area contributed by atoms with Crippen molar-refractivity contribution in [2.75, 3.05) is 26.8 Å². The molecule has 31 heavy (non-hydrogen) atoms. The van der Waals surface area contributed by atoms with E-state index in [4.69, 9.17) is 9.47 Å². The van der Waals surface area contributed by atoms with Crippen LogP contribution in [0.4, 0.5) is 0 Å². The molecule has 1 aliphatic rings. The molecule has 0 aliphatic carbocycles. The van der Waals surface area contributed by atoms with Crippen molar-refractivity contribution in [2.45, 2.75) is 12.8 Å². The van der Waals surface area contributed by atoms with E-state index in [1.54, 1.807) is 23.8 Å². The van der Waals surface area contributed by atoms with Crippen molar-refractivity contribution in [2.24, 2.45) is 0 Å². The van der Waals surface area contributed by atoms with Crippen molar-refractivity contribution < 1.29 is 23.9 Å². The van der Waals surface area contributed by atoms with Crippen LogP contribution in [0, 0.1) is 0 Å². The van der Waals surface area contributed by atoms with E-state index in [0.717, 1.165) is 16.2 Å². The van der Waals surface area contributed by atoms with Gasteiger partial charge in [-0.1, -0.05) is 0 Å². The Kier molecular flexibility index (Phi) is 5.74. The Hall–Kier alpha value is -4.02. The number of hydrogen-bond acceptors (Lipinski definition) is 8. The fourth-order valence-electron chi connectivity index (χ4n) is 3.11. The predicted molar refractivity (Wildman–Crippen MR) is 107 cm³/mol. The molecule has 11 heteroatoms. The Morgan fingerprint density at radius 2 is 1.81 bits per heavy atom. The number of aromatic nitrogens is 4. The van der Waals surface area contributed by atoms with Crippen molar-refractivity contribution in [3.63, 3.8) is 0 Å². The molecule has 3 aromatic rings. The van der Waals surface area contributed by atoms with Crippen LogP contribution >= 0.6 is 0 Å². The highest BCUT2D eigenvalue weighted by atomic mass is 16.5. The van der Waals surface area contributed by atoms with Gasteiger partial charge in [0, 0.05) is 24.5 Å². The number of likely N-dealkylation sites (tertiary alicyclic amines) is 1. The first-order valence-electron chi connectivity index (χ1n) is 9.65. The topological polar surface area (TPSA) is 128 Å². The molecule has 1 aliphatic heterocycles. The van der Waals surface area contributed by atoms with Gasteiger partial charge in [0.2, 0.25) is 23.6 Å². The van der Waals surface area contributed by atoms with Crippen LogP contribution < -0.4 is 14.8 Å². The van der Waals surface area contributed by atoms with Crippen LogP contribution in [0.5, 0.6) is 11.6 Å². The van der Waals surface area contributed by atoms with Crippen LogP contribution in [0.15, 0.2) is 36.4 Å². The molecular weight excluding hydrogens is 404 g/mol. The van der Waals surface area contributed by atoms with E-state index in [9.17, 15) is 14.4 Å². The first-order valence-corrected chi connectivity index (χ1v) is 9.65. The van der Waals surface area contributed by atoms with Gasteiger partial charge in [0.1, 0.15) is 18.9 Å². The van der Waals surface area contributed by atoms with Crippen LogP contribution in [-0.2, 0) is 14.4 Å². The highest BCUT2D eigenvalue weighted by Crippen LogP contribution is 2.21. The maximum absolute atomic E-state index is 11.9. The van der Waals surface area contributed by atoms with Gasteiger partial charge in [-0.2, -0.15) is 4.52 Å². The van der Waals surface area contributed by atoms with Gasteiger partial charge >= 0.3 is 0 Å². The summed E-state index contributed by atoms with van der Waals surface area (Å²) >= 11 is 0. The Balaban J connectivity index is 1.34. The van der Waals surface area contributed by atoms with Crippen LogP contribution in [0.25, 0.3) is 17.0 Å². The number of carbonyl (C=O) groups excluding carboxylic acids is 3. The standard InChI is InChI=1S/C20H20N6O5/c1-30-14-4-2-13(3-5-14)20-23-22-15-6-7-17(24-26(15)20)31-11-10-21-16(27)12-25-18(28)8-9-19(25)29/h2-7H,8-12H2,1H3,(H,21,27). The summed E-state index contributed by atoms with van der Waals surface area (Å²) in [5.41, 5.74) is 1.38. The maximum Gasteiger partial charge on any atom is 0.240 e. The number of hydrogen-bond donors (Lipinski definition) is 1. The summed E-state index contributed by atoms with van der Waals surface area (Å²) in [4.78, 5) is 36.0. The lowest BCUT2D eigenvalue weighted by Crippen LogP contribution is -2.41. The van der Waals surface area contributed by atoms with Gasteiger partial charge in [0.25, 0.3) is 0 Å². The van der Waals surface area contributed by atoms with Crippen molar-refractivity contribution in [1.29, 1.82) is 0 Å². The highest BCUT2D eigenvalue weighted by molar-refractivity contribution is 6.04. The summed E-state index contributed by atoms with van der Waals surface area (Å²) in [5.74, 6) is 0.551. The van der Waals surface area contributed by atoms with Crippen molar-refractivity contribution in [1.82, 2.24) is 30.0 Å². The molecule has 4 rings (SSSR count). The van der Waals surface area contributed by atoms with E-state index in [0.29, 0.717) is 17.4 Å². The number of rotatable bonds is 8. The van der Waals surface area contributed by atoms with Gasteiger partial charge in [-0.15, -0.1) is 15.3 Å². The zero-order valence-electron chi connectivity index (χ0n) is 16.8. The van der Waals surface area contributed by atoms with Crippen LogP contribution in [0.1, 0.15) is 12.8 Å². The van der Waals surface area contributed by atoms with Gasteiger partial charge < -0.3 is 14.8 Å². The van der Waals surface area contributed by atoms with Crippen molar-refractivity contribution in [3.8, 4) is 23.0 Å². The summed E-state index contributed by atoms with van der Waals surface area (Å²) in [7, 11) is 1.60. The van der Waals surface area contributed by atoms with Gasteiger partial charge in [-0.05, 0) is 30.3 Å². The fraction of sp³-hybridized carbons (Fsp3) is 0.300. The molecule has 160 valence electrons. The molecule has 1 fully saturated rings. The number of ether oxygens (including phenoxy) is 2. The smallest absolute Gasteiger partial charge is 0.240 e. The van der Waals surface area contributed by atoms with Crippen molar-refractivity contribution in [3.05, 3.63) is 36.4 Å². The Morgan fingerprint density at radius 3 is 2.52 bits per heavy atom. The van der Waals surface area contributed by atoms with Crippen molar-refractivity contribution >= 4 is 23.4 Å². The van der Waals surface area contributed by atoms with Crippen LogP contribution in [0.2, 0.25) is 0 Å². The van der Waals surface area contributed by atoms with Gasteiger partial charge in [-0.25, -0.2) is 0 Å². The van der Waals surface area contributed by atoms with Crippen LogP contribution in [-0.4, -0.2) is 69.2 Å². The number of nitrogens with zero attached hydrogens (tertiary/aromatic N) is 5. The molecule has 0 bridgehead atoms. The second-order valence-electron chi connectivity index (χ2n) is 6.77. The van der Waals surface area contributed by atoms with E-state index in [1.807, 2.05) is 24.3 Å². The Labute approximate surface area is 177 Å². The zero-order valence-corrected chi connectivity index (χ0v) is 16.8. The third kappa shape index (κ3) is 4.44. The number of imide groups is 1. The number of benzene rings is 1. The molecular formula is C20H20N6O5. The monoisotopic (exact) mass is 424 g/mol. The van der Waals surface area contributed by atoms with Gasteiger partial charge in [-0.3, -0.25) is 19.3 Å². The molecule has 0 atom stereocenters. The summed E-state index contributed by atoms with van der Waals surface area (Å²) in [6.07, 6.45) is 0.315. The molecule has 1 N–H and O–H groups in total. The third-order valence-corrected chi connectivity index (χ3v) is 4.72. The number of amides is 3. The molecule has 0 saturated carbocycles. The summed E-state index contributed by atoms with van der Waals surface area (Å²) in [5, 5.41) is 15.3. The first-order chi connectivity index (χ1) is 15.0. The second-order valence-corrected chi connectivity index (χ2v) is 6.77. The fourth-order valence-corrected chi connectivity index (χ4v) is 3.11. The lowest BCUT2D eigenvalue weighted by Gasteiger charge is -2.13. The normalized spacial score (nSPS) is 13.6. The molecule has 1 aromatic carbocycles. The predicted octanol–water partition coefficient (Wildman–Crippen LogP) is 0.444. The van der Waals surface area contributed by atoms with E-state index < -0.39 is 5.91 Å². The Morgan fingerprint density at radius 1 is 1.06 bits per heavy atom. The molecule has 1 saturated heterocycles. The average molecular weight is 424 g/mol. The van der Waals surface area contributed by atoms with Crippen LogP contribution in [0.3, 0.4) is 0 Å². The minimum Gasteiger partial charge on any atom is -0.497 e. The van der Waals surface area contributed by atoms with E-state index >= 15 is 0 Å². The molecule has 0 radical (unpaired) electrons. The Bertz CT molecular complexity index is 1110. The quantitative estimate of drug-likeness (QED) is 0.408. The van der Waals surface area contributed by atoms with E-state index in [-0.39, 0.29) is 44.4 Å². The molecule has 3 heterocycles. The minimum absolute atomic E-state index is 0.158. The molecule has 3 amide bonds. The number of fused-ring (bicyclic) bond motifs is 1. The molecule has 11 nitrogen and oxygen atoms in total. The van der Waals surface area contributed by atoms with Gasteiger partial charge in [0.05, 0.1) is 13.7 Å². The molecule has 2 aromatic heterocycles. The minimum atomic E-state index is -0.420. The first kappa shape index (κ1) is 20.3. The largest absolute Gasteiger partial charge is 0.497 e. The second kappa shape index (κ2) is 8.78. The highest BCUT2D eigenvalue weighted by Gasteiger charge is 2.30. The summed E-state index contributed by atoms with van der Waals surface area (Å²) in [6, 6.07) is 10.7. The SMILES string of the molecule is COc1ccc(-c2nnc3ccc(OCCNC(=O)CN4C(=O)CCC4=O)nn23)cc1. The zero-order chi connectivity index (χ0) is 21.8. The lowest BCUT2D eigenvalue weighted by molar-refractivity contribution is -0.142. The number of nitrogens with one attached hydrogen (secondary N) is 1. The lowest BCUT2D eigenvalue weighted by atomic mass is 10.2. The molecule has 0 spiro atoms. The van der Waals surface area contributed by atoms with Gasteiger partial charge in [0.15, 0.2) is 11.5 Å². The molecule has 0 unspecified atom stereocenters. The average Bonchev–Trinajstić information content (AvgIpc) is 3.35. The summed E-state index contributed by atoms with van der Waals surface area (Å²) < 4.78 is 12.3. The number of carbonyl (C=O) groups is 3. The van der Waals surface area contributed by atoms with E-state index in [2.05, 4.69) is 20.6 Å². The third-order valence-electron chi connectivity index (χ3n) is 4.72.